The maximum absolute atomic E-state index is 13.4. The summed E-state index contributed by atoms with van der Waals surface area (Å²) in [6.45, 7) is 0.395. The minimum atomic E-state index is -0.635. The van der Waals surface area contributed by atoms with Crippen LogP contribution < -0.4 is 16.8 Å². The molecule has 0 saturated carbocycles. The summed E-state index contributed by atoms with van der Waals surface area (Å²) >= 11 is 0. The summed E-state index contributed by atoms with van der Waals surface area (Å²) in [5, 5.41) is 0.452. The van der Waals surface area contributed by atoms with Crippen LogP contribution in [-0.4, -0.2) is 58.7 Å². The number of carbonyl (C=O) groups excluding carboxylic acids is 1. The van der Waals surface area contributed by atoms with Gasteiger partial charge < -0.3 is 19.2 Å². The zero-order valence-electron chi connectivity index (χ0n) is 19.4. The Balaban J connectivity index is 1.50. The Morgan fingerprint density at radius 1 is 1.23 bits per heavy atom. The number of imidazole rings is 1. The number of nitrogens with one attached hydrogen (secondary N) is 1. The predicted molar refractivity (Wildman–Crippen MR) is 127 cm³/mol. The molecule has 12 nitrogen and oxygen atoms in total. The maximum atomic E-state index is 13.4. The van der Waals surface area contributed by atoms with Gasteiger partial charge in [0.2, 0.25) is 5.91 Å². The van der Waals surface area contributed by atoms with Crippen LogP contribution in [0.5, 0.6) is 0 Å². The first-order valence-corrected chi connectivity index (χ1v) is 11.3. The summed E-state index contributed by atoms with van der Waals surface area (Å²) in [6, 6.07) is 6.94. The number of carbonyl (C=O) groups is 1. The van der Waals surface area contributed by atoms with Crippen molar-refractivity contribution in [2.45, 2.75) is 32.0 Å². The van der Waals surface area contributed by atoms with E-state index < -0.39 is 23.7 Å². The number of benzene rings is 1. The van der Waals surface area contributed by atoms with E-state index in [0.717, 1.165) is 17.4 Å². The molecule has 1 N–H and O–H groups in total. The monoisotopic (exact) mass is 479 g/mol. The Kier molecular flexibility index (Phi) is 5.81. The molecule has 4 aromatic rings. The zero-order valence-corrected chi connectivity index (χ0v) is 19.4. The van der Waals surface area contributed by atoms with E-state index in [0.29, 0.717) is 23.3 Å². The highest BCUT2D eigenvalue weighted by Gasteiger charge is 2.25. The van der Waals surface area contributed by atoms with Gasteiger partial charge in [-0.05, 0) is 25.0 Å². The largest absolute Gasteiger partial charge is 0.376 e. The summed E-state index contributed by atoms with van der Waals surface area (Å²) in [5.74, 6) is -0.153. The highest BCUT2D eigenvalue weighted by Crippen LogP contribution is 2.15. The molecule has 1 amide bonds. The number of ether oxygens (including phenoxy) is 1. The summed E-state index contributed by atoms with van der Waals surface area (Å²) in [7, 11) is 3.16. The molecule has 0 bridgehead atoms. The van der Waals surface area contributed by atoms with Gasteiger partial charge >= 0.3 is 5.69 Å². The van der Waals surface area contributed by atoms with Gasteiger partial charge in [-0.1, -0.05) is 12.1 Å². The van der Waals surface area contributed by atoms with E-state index in [1.807, 2.05) is 0 Å². The van der Waals surface area contributed by atoms with Crippen molar-refractivity contribution >= 4 is 28.0 Å². The SMILES string of the molecule is Cn1cnc2c1c(=O)n(CC(=O)N(Cc1nc3ccccc3c(=O)[nH]1)C[C@@H]1CCCO1)c(=O)n2C. The number of amides is 1. The molecule has 1 aliphatic heterocycles. The third-order valence-electron chi connectivity index (χ3n) is 6.30. The molecule has 3 aromatic heterocycles. The number of fused-ring (bicyclic) bond motifs is 2. The molecule has 182 valence electrons. The van der Waals surface area contributed by atoms with E-state index in [1.165, 1.54) is 27.4 Å². The van der Waals surface area contributed by atoms with Crippen LogP contribution in [0.1, 0.15) is 18.7 Å². The second-order valence-electron chi connectivity index (χ2n) is 8.70. The standard InChI is InChI=1S/C23H25N7O5/c1-27-13-24-20-19(27)22(33)30(23(34)28(20)2)12-18(31)29(10-14-6-5-9-35-14)11-17-25-16-8-4-3-7-15(16)21(32)26-17/h3-4,7-8,13-14H,5-6,9-12H2,1-2H3,(H,25,26,32)/t14-/m0/s1. The van der Waals surface area contributed by atoms with Crippen LogP contribution in [0.4, 0.5) is 0 Å². The average molecular weight is 479 g/mol. The van der Waals surface area contributed by atoms with Gasteiger partial charge in [-0.15, -0.1) is 0 Å². The lowest BCUT2D eigenvalue weighted by Crippen LogP contribution is -2.46. The van der Waals surface area contributed by atoms with Crippen LogP contribution in [0.15, 0.2) is 45.0 Å². The Morgan fingerprint density at radius 2 is 2.03 bits per heavy atom. The highest BCUT2D eigenvalue weighted by molar-refractivity contribution is 5.78. The van der Waals surface area contributed by atoms with Gasteiger partial charge in [-0.2, -0.15) is 0 Å². The van der Waals surface area contributed by atoms with Gasteiger partial charge in [0.05, 0.1) is 29.9 Å². The summed E-state index contributed by atoms with van der Waals surface area (Å²) in [6.07, 6.45) is 2.94. The van der Waals surface area contributed by atoms with Gasteiger partial charge in [0.1, 0.15) is 12.4 Å². The second kappa shape index (κ2) is 8.95. The third-order valence-corrected chi connectivity index (χ3v) is 6.30. The molecule has 5 rings (SSSR count). The number of aromatic amines is 1. The Morgan fingerprint density at radius 3 is 2.80 bits per heavy atom. The molecule has 35 heavy (non-hydrogen) atoms. The quantitative estimate of drug-likeness (QED) is 0.407. The molecule has 4 heterocycles. The minimum absolute atomic E-state index is 0.00177. The first kappa shape index (κ1) is 22.7. The normalized spacial score (nSPS) is 15.8. The fourth-order valence-corrected chi connectivity index (χ4v) is 4.45. The zero-order chi connectivity index (χ0) is 24.7. The van der Waals surface area contributed by atoms with Crippen molar-refractivity contribution in [3.8, 4) is 0 Å². The molecule has 0 spiro atoms. The summed E-state index contributed by atoms with van der Waals surface area (Å²) in [5.41, 5.74) is -0.537. The molecule has 1 atom stereocenters. The van der Waals surface area contributed by atoms with Gasteiger partial charge in [0, 0.05) is 27.2 Å². The van der Waals surface area contributed by atoms with Gasteiger partial charge in [-0.3, -0.25) is 19.0 Å². The van der Waals surface area contributed by atoms with Gasteiger partial charge in [0.15, 0.2) is 11.2 Å². The molecule has 1 aromatic carbocycles. The van der Waals surface area contributed by atoms with Crippen LogP contribution in [0.3, 0.4) is 0 Å². The number of aryl methyl sites for hydroxylation is 2. The van der Waals surface area contributed by atoms with E-state index in [4.69, 9.17) is 4.74 Å². The summed E-state index contributed by atoms with van der Waals surface area (Å²) in [4.78, 5) is 64.7. The topological polar surface area (TPSA) is 137 Å². The first-order valence-electron chi connectivity index (χ1n) is 11.3. The molecule has 12 heteroatoms. The molecule has 1 aliphatic rings. The predicted octanol–water partition coefficient (Wildman–Crippen LogP) is -0.122. The lowest BCUT2D eigenvalue weighted by Gasteiger charge is -2.25. The van der Waals surface area contributed by atoms with E-state index in [1.54, 1.807) is 31.3 Å². The molecule has 0 aliphatic carbocycles. The lowest BCUT2D eigenvalue weighted by atomic mass is 10.2. The van der Waals surface area contributed by atoms with Gasteiger partial charge in [-0.25, -0.2) is 19.3 Å². The number of aromatic nitrogens is 6. The van der Waals surface area contributed by atoms with Gasteiger partial charge in [0.25, 0.3) is 11.1 Å². The number of hydrogen-bond acceptors (Lipinski definition) is 7. The number of H-pyrrole nitrogens is 1. The summed E-state index contributed by atoms with van der Waals surface area (Å²) < 4.78 is 9.39. The van der Waals surface area contributed by atoms with Crippen molar-refractivity contribution in [3.05, 3.63) is 67.6 Å². The van der Waals surface area contributed by atoms with Crippen molar-refractivity contribution < 1.29 is 9.53 Å². The van der Waals surface area contributed by atoms with Crippen molar-refractivity contribution in [2.24, 2.45) is 14.1 Å². The van der Waals surface area contributed by atoms with Crippen molar-refractivity contribution in [2.75, 3.05) is 13.2 Å². The van der Waals surface area contributed by atoms with E-state index in [-0.39, 0.29) is 35.9 Å². The Labute approximate surface area is 198 Å². The van der Waals surface area contributed by atoms with Crippen LogP contribution in [0.25, 0.3) is 22.1 Å². The number of para-hydroxylation sites is 1. The molecule has 1 saturated heterocycles. The maximum Gasteiger partial charge on any atom is 0.332 e. The van der Waals surface area contributed by atoms with E-state index in [9.17, 15) is 19.2 Å². The average Bonchev–Trinajstić information content (AvgIpc) is 3.49. The molecular formula is C23H25N7O5. The minimum Gasteiger partial charge on any atom is -0.376 e. The number of nitrogens with zero attached hydrogens (tertiary/aromatic N) is 6. The van der Waals surface area contributed by atoms with E-state index >= 15 is 0 Å². The molecule has 0 unspecified atom stereocenters. The van der Waals surface area contributed by atoms with Crippen molar-refractivity contribution in [3.63, 3.8) is 0 Å². The van der Waals surface area contributed by atoms with Crippen LogP contribution in [-0.2, 0) is 36.7 Å². The third kappa shape index (κ3) is 4.16. The fourth-order valence-electron chi connectivity index (χ4n) is 4.45. The van der Waals surface area contributed by atoms with Crippen LogP contribution in [0.2, 0.25) is 0 Å². The lowest BCUT2D eigenvalue weighted by molar-refractivity contribution is -0.134. The Hall–Kier alpha value is -4.06. The molecule has 0 radical (unpaired) electrons. The van der Waals surface area contributed by atoms with Crippen LogP contribution in [0, 0.1) is 0 Å². The Bertz CT molecular complexity index is 1610. The molecular weight excluding hydrogens is 454 g/mol. The first-order chi connectivity index (χ1) is 16.8. The highest BCUT2D eigenvalue weighted by atomic mass is 16.5. The van der Waals surface area contributed by atoms with Crippen LogP contribution >= 0.6 is 0 Å². The smallest absolute Gasteiger partial charge is 0.332 e. The number of rotatable bonds is 6. The fraction of sp³-hybridized carbons (Fsp3) is 0.391. The molecule has 1 fully saturated rings. The van der Waals surface area contributed by atoms with E-state index in [2.05, 4.69) is 15.0 Å². The van der Waals surface area contributed by atoms with Crippen molar-refractivity contribution in [1.29, 1.82) is 0 Å². The number of hydrogen-bond donors (Lipinski definition) is 1. The second-order valence-corrected chi connectivity index (χ2v) is 8.70. The van der Waals surface area contributed by atoms with Crippen molar-refractivity contribution in [1.82, 2.24) is 33.6 Å².